The van der Waals surface area contributed by atoms with Crippen molar-refractivity contribution in [3.63, 3.8) is 0 Å². The molecule has 0 aromatic heterocycles. The summed E-state index contributed by atoms with van der Waals surface area (Å²) < 4.78 is 32.0. The molecule has 26 heavy (non-hydrogen) atoms. The van der Waals surface area contributed by atoms with Crippen LogP contribution in [0.2, 0.25) is 0 Å². The zero-order valence-electron chi connectivity index (χ0n) is 14.4. The van der Waals surface area contributed by atoms with Crippen LogP contribution in [0.15, 0.2) is 42.5 Å². The van der Waals surface area contributed by atoms with E-state index >= 15 is 0 Å². The average Bonchev–Trinajstić information content (AvgIpc) is 2.56. The third-order valence-corrected chi connectivity index (χ3v) is 3.56. The van der Waals surface area contributed by atoms with Crippen LogP contribution in [0.3, 0.4) is 0 Å². The van der Waals surface area contributed by atoms with Gasteiger partial charge in [-0.25, -0.2) is 13.6 Å². The minimum atomic E-state index is -0.816. The smallest absolute Gasteiger partial charge is 0.326 e. The molecule has 2 aromatic carbocycles. The topological polar surface area (TPSA) is 71.9 Å². The number of quaternary nitrogens is 1. The number of urea groups is 1. The van der Waals surface area contributed by atoms with E-state index in [9.17, 15) is 18.4 Å². The Bertz CT molecular complexity index is 799. The molecule has 0 radical (unpaired) electrons. The molecule has 138 valence electrons. The number of methoxy groups -OCH3 is 1. The molecule has 0 saturated carbocycles. The Morgan fingerprint density at radius 3 is 2.50 bits per heavy atom. The summed E-state index contributed by atoms with van der Waals surface area (Å²) in [6.07, 6.45) is 0. The molecule has 3 amide bonds. The summed E-state index contributed by atoms with van der Waals surface area (Å²) in [5.74, 6) is -1.47. The molecule has 0 saturated heterocycles. The molecule has 0 aliphatic carbocycles. The highest BCUT2D eigenvalue weighted by Gasteiger charge is 2.15. The quantitative estimate of drug-likeness (QED) is 0.724. The molecule has 6 nitrogen and oxygen atoms in total. The van der Waals surface area contributed by atoms with Gasteiger partial charge in [0.2, 0.25) is 0 Å². The Balaban J connectivity index is 1.84. The molecule has 0 fully saturated rings. The highest BCUT2D eigenvalue weighted by atomic mass is 19.1. The van der Waals surface area contributed by atoms with Crippen molar-refractivity contribution >= 4 is 17.6 Å². The highest BCUT2D eigenvalue weighted by molar-refractivity contribution is 6.01. The van der Waals surface area contributed by atoms with Gasteiger partial charge in [-0.3, -0.25) is 10.1 Å². The first kappa shape index (κ1) is 19.3. The van der Waals surface area contributed by atoms with E-state index in [0.29, 0.717) is 12.1 Å². The molecule has 0 bridgehead atoms. The Morgan fingerprint density at radius 1 is 1.12 bits per heavy atom. The largest absolute Gasteiger partial charge is 0.494 e. The van der Waals surface area contributed by atoms with Crippen LogP contribution in [0.25, 0.3) is 0 Å². The summed E-state index contributed by atoms with van der Waals surface area (Å²) in [6.45, 7) is 0.363. The number of hydrogen-bond acceptors (Lipinski definition) is 3. The lowest BCUT2D eigenvalue weighted by molar-refractivity contribution is -0.885. The van der Waals surface area contributed by atoms with Crippen molar-refractivity contribution in [3.8, 4) is 5.75 Å². The van der Waals surface area contributed by atoms with E-state index in [1.54, 1.807) is 19.2 Å². The number of ether oxygens (including phenoxy) is 1. The lowest BCUT2D eigenvalue weighted by atomic mass is 10.2. The van der Waals surface area contributed by atoms with E-state index < -0.39 is 23.6 Å². The van der Waals surface area contributed by atoms with E-state index in [-0.39, 0.29) is 18.0 Å². The number of benzene rings is 2. The maximum Gasteiger partial charge on any atom is 0.326 e. The molecule has 0 aliphatic rings. The molecule has 8 heteroatoms. The fourth-order valence-electron chi connectivity index (χ4n) is 2.39. The fourth-order valence-corrected chi connectivity index (χ4v) is 2.39. The maximum atomic E-state index is 13.7. The van der Waals surface area contributed by atoms with Crippen LogP contribution >= 0.6 is 0 Å². The van der Waals surface area contributed by atoms with Gasteiger partial charge in [-0.1, -0.05) is 12.1 Å². The van der Waals surface area contributed by atoms with Crippen LogP contribution in [0.4, 0.5) is 19.3 Å². The summed E-state index contributed by atoms with van der Waals surface area (Å²) in [5.41, 5.74) is 0.664. The second kappa shape index (κ2) is 8.91. The number of anilines is 1. The number of imide groups is 1. The predicted molar refractivity (Wildman–Crippen MR) is 92.0 cm³/mol. The standard InChI is InChI=1S/C18H19F2N3O3/c1-23(10-12-7-8-16(26-2)14(20)9-12)11-17(24)22-18(25)21-15-6-4-3-5-13(15)19/h3-9H,10-11H2,1-2H3,(H2,21,22,24,25)/p+1. The van der Waals surface area contributed by atoms with Gasteiger partial charge in [-0.2, -0.15) is 0 Å². The van der Waals surface area contributed by atoms with Crippen LogP contribution in [0, 0.1) is 11.6 Å². The first-order valence-corrected chi connectivity index (χ1v) is 7.88. The zero-order chi connectivity index (χ0) is 19.1. The van der Waals surface area contributed by atoms with Crippen LogP contribution < -0.4 is 20.3 Å². The van der Waals surface area contributed by atoms with Crippen LogP contribution in [-0.4, -0.2) is 32.6 Å². The number of likely N-dealkylation sites (N-methyl/N-ethyl adjacent to an activating group) is 1. The molecule has 1 atom stereocenters. The monoisotopic (exact) mass is 364 g/mol. The third kappa shape index (κ3) is 5.52. The van der Waals surface area contributed by atoms with Gasteiger partial charge in [0.05, 0.1) is 19.8 Å². The van der Waals surface area contributed by atoms with Gasteiger partial charge in [-0.05, 0) is 30.3 Å². The van der Waals surface area contributed by atoms with Crippen molar-refractivity contribution in [1.29, 1.82) is 0 Å². The van der Waals surface area contributed by atoms with Crippen LogP contribution in [-0.2, 0) is 11.3 Å². The molecule has 0 aliphatic heterocycles. The molecule has 1 unspecified atom stereocenters. The molecule has 0 heterocycles. The van der Waals surface area contributed by atoms with Gasteiger partial charge < -0.3 is 15.0 Å². The lowest BCUT2D eigenvalue weighted by Gasteiger charge is -2.14. The van der Waals surface area contributed by atoms with E-state index in [4.69, 9.17) is 4.74 Å². The van der Waals surface area contributed by atoms with Gasteiger partial charge >= 0.3 is 6.03 Å². The minimum Gasteiger partial charge on any atom is -0.494 e. The second-order valence-electron chi connectivity index (χ2n) is 5.76. The fraction of sp³-hybridized carbons (Fsp3) is 0.222. The average molecular weight is 364 g/mol. The number of rotatable bonds is 6. The van der Waals surface area contributed by atoms with Crippen LogP contribution in [0.5, 0.6) is 5.75 Å². The Morgan fingerprint density at radius 2 is 1.85 bits per heavy atom. The van der Waals surface area contributed by atoms with E-state index in [1.165, 1.54) is 37.4 Å². The van der Waals surface area contributed by atoms with E-state index in [2.05, 4.69) is 10.6 Å². The molecular formula is C18H20F2N3O3+. The number of carbonyl (C=O) groups excluding carboxylic acids is 2. The maximum absolute atomic E-state index is 13.7. The summed E-state index contributed by atoms with van der Waals surface area (Å²) in [4.78, 5) is 24.4. The normalized spacial score (nSPS) is 11.5. The van der Waals surface area contributed by atoms with Crippen molar-refractivity contribution in [2.45, 2.75) is 6.54 Å². The number of halogens is 2. The van der Waals surface area contributed by atoms with E-state index in [1.807, 2.05) is 0 Å². The third-order valence-electron chi connectivity index (χ3n) is 3.56. The van der Waals surface area contributed by atoms with Crippen molar-refractivity contribution in [2.75, 3.05) is 26.0 Å². The number of hydrogen-bond donors (Lipinski definition) is 3. The Hall–Kier alpha value is -3.00. The number of amides is 3. The molecular weight excluding hydrogens is 344 g/mol. The van der Waals surface area contributed by atoms with Crippen molar-refractivity contribution < 1.29 is 28.0 Å². The molecule has 0 spiro atoms. The Kier molecular flexibility index (Phi) is 6.62. The van der Waals surface area contributed by atoms with Gasteiger partial charge in [0, 0.05) is 5.56 Å². The molecule has 3 N–H and O–H groups in total. The van der Waals surface area contributed by atoms with Crippen molar-refractivity contribution in [2.24, 2.45) is 0 Å². The Labute approximate surface area is 149 Å². The first-order chi connectivity index (χ1) is 12.4. The highest BCUT2D eigenvalue weighted by Crippen LogP contribution is 2.17. The van der Waals surface area contributed by atoms with Gasteiger partial charge in [0.1, 0.15) is 12.4 Å². The van der Waals surface area contributed by atoms with E-state index in [0.717, 1.165) is 4.90 Å². The minimum absolute atomic E-state index is 0.0155. The predicted octanol–water partition coefficient (Wildman–Crippen LogP) is 1.34. The zero-order valence-corrected chi connectivity index (χ0v) is 14.4. The van der Waals surface area contributed by atoms with Crippen molar-refractivity contribution in [1.82, 2.24) is 5.32 Å². The van der Waals surface area contributed by atoms with Crippen molar-refractivity contribution in [3.05, 3.63) is 59.7 Å². The summed E-state index contributed by atoms with van der Waals surface area (Å²) in [7, 11) is 3.11. The summed E-state index contributed by atoms with van der Waals surface area (Å²) in [5, 5.41) is 4.40. The summed E-state index contributed by atoms with van der Waals surface area (Å²) >= 11 is 0. The number of nitrogens with one attached hydrogen (secondary N) is 3. The van der Waals surface area contributed by atoms with Gasteiger partial charge in [0.25, 0.3) is 5.91 Å². The van der Waals surface area contributed by atoms with Crippen LogP contribution in [0.1, 0.15) is 5.56 Å². The molecule has 2 aromatic rings. The molecule has 2 rings (SSSR count). The first-order valence-electron chi connectivity index (χ1n) is 7.88. The lowest BCUT2D eigenvalue weighted by Crippen LogP contribution is -3.09. The second-order valence-corrected chi connectivity index (χ2v) is 5.76. The van der Waals surface area contributed by atoms with Gasteiger partial charge in [0.15, 0.2) is 18.1 Å². The number of carbonyl (C=O) groups is 2. The number of para-hydroxylation sites is 1. The SMILES string of the molecule is COc1ccc(C[NH+](C)CC(=O)NC(=O)Nc2ccccc2F)cc1F. The van der Waals surface area contributed by atoms with Gasteiger partial charge in [-0.15, -0.1) is 0 Å². The summed E-state index contributed by atoms with van der Waals surface area (Å²) in [6, 6.07) is 9.37.